The normalized spacial score (nSPS) is 15.0. The van der Waals surface area contributed by atoms with Gasteiger partial charge in [0.05, 0.1) is 23.6 Å². The van der Waals surface area contributed by atoms with Crippen LogP contribution in [0, 0.1) is 20.8 Å². The Bertz CT molecular complexity index is 1490. The van der Waals surface area contributed by atoms with Crippen LogP contribution in [0.4, 0.5) is 5.82 Å². The molecular weight excluding hydrogens is 440 g/mol. The Morgan fingerprint density at radius 1 is 1.00 bits per heavy atom. The molecule has 1 aliphatic heterocycles. The number of aromatic nitrogens is 1. The van der Waals surface area contributed by atoms with Gasteiger partial charge in [-0.1, -0.05) is 31.5 Å². The fraction of sp³-hybridized carbons (Fsp3) is 0.276. The number of anilines is 1. The number of amides is 1. The maximum Gasteiger partial charge on any atom is 0.296 e. The van der Waals surface area contributed by atoms with Crippen LogP contribution in [0.3, 0.4) is 0 Å². The molecule has 1 amide bonds. The summed E-state index contributed by atoms with van der Waals surface area (Å²) in [4.78, 5) is 33.7. The number of pyridine rings is 1. The van der Waals surface area contributed by atoms with Crippen molar-refractivity contribution in [2.45, 2.75) is 46.6 Å². The Morgan fingerprint density at radius 3 is 2.46 bits per heavy atom. The molecule has 0 N–H and O–H groups in total. The first-order valence-corrected chi connectivity index (χ1v) is 12.0. The molecule has 0 bridgehead atoms. The summed E-state index contributed by atoms with van der Waals surface area (Å²) < 4.78 is 11.9. The van der Waals surface area contributed by atoms with Crippen LogP contribution < -0.4 is 15.1 Å². The minimum Gasteiger partial charge on any atom is -0.494 e. The van der Waals surface area contributed by atoms with E-state index in [1.807, 2.05) is 69.3 Å². The molecule has 0 fully saturated rings. The van der Waals surface area contributed by atoms with E-state index in [1.54, 1.807) is 11.0 Å². The average molecular weight is 469 g/mol. The minimum atomic E-state index is -0.654. The van der Waals surface area contributed by atoms with E-state index in [0.717, 1.165) is 41.0 Å². The third-order valence-electron chi connectivity index (χ3n) is 6.57. The molecule has 0 aliphatic carbocycles. The first kappa shape index (κ1) is 22.8. The third kappa shape index (κ3) is 3.99. The number of carbonyl (C=O) groups excluding carboxylic acids is 1. The fourth-order valence-electron chi connectivity index (χ4n) is 4.52. The van der Waals surface area contributed by atoms with E-state index < -0.39 is 6.04 Å². The minimum absolute atomic E-state index is 0.0716. The van der Waals surface area contributed by atoms with Gasteiger partial charge < -0.3 is 9.15 Å². The molecule has 3 heterocycles. The summed E-state index contributed by atoms with van der Waals surface area (Å²) in [5.74, 6) is 0.931. The van der Waals surface area contributed by atoms with Gasteiger partial charge in [0, 0.05) is 5.69 Å². The molecule has 2 aromatic heterocycles. The molecule has 35 heavy (non-hydrogen) atoms. The van der Waals surface area contributed by atoms with E-state index in [2.05, 4.69) is 11.9 Å². The lowest BCUT2D eigenvalue weighted by molar-refractivity contribution is 0.0970. The van der Waals surface area contributed by atoms with Gasteiger partial charge in [-0.3, -0.25) is 14.5 Å². The van der Waals surface area contributed by atoms with Crippen LogP contribution in [-0.2, 0) is 0 Å². The van der Waals surface area contributed by atoms with Crippen molar-refractivity contribution in [2.75, 3.05) is 11.5 Å². The summed E-state index contributed by atoms with van der Waals surface area (Å²) in [6.45, 7) is 8.56. The number of aryl methyl sites for hydroxylation is 3. The summed E-state index contributed by atoms with van der Waals surface area (Å²) in [5.41, 5.74) is 4.13. The zero-order valence-electron chi connectivity index (χ0n) is 20.4. The largest absolute Gasteiger partial charge is 0.494 e. The highest BCUT2D eigenvalue weighted by Crippen LogP contribution is 2.41. The van der Waals surface area contributed by atoms with Gasteiger partial charge in [-0.05, 0) is 80.3 Å². The van der Waals surface area contributed by atoms with E-state index in [-0.39, 0.29) is 17.1 Å². The van der Waals surface area contributed by atoms with Gasteiger partial charge in [-0.25, -0.2) is 4.98 Å². The van der Waals surface area contributed by atoms with E-state index in [0.29, 0.717) is 29.0 Å². The molecule has 0 radical (unpaired) electrons. The molecule has 0 saturated heterocycles. The molecule has 0 spiro atoms. The molecule has 1 unspecified atom stereocenters. The Hall–Kier alpha value is -3.93. The Morgan fingerprint density at radius 2 is 1.74 bits per heavy atom. The van der Waals surface area contributed by atoms with Gasteiger partial charge in [0.15, 0.2) is 5.43 Å². The van der Waals surface area contributed by atoms with Gasteiger partial charge in [-0.15, -0.1) is 0 Å². The van der Waals surface area contributed by atoms with Gasteiger partial charge in [0.2, 0.25) is 5.76 Å². The lowest BCUT2D eigenvalue weighted by Gasteiger charge is -2.24. The molecule has 1 atom stereocenters. The molecule has 178 valence electrons. The summed E-state index contributed by atoms with van der Waals surface area (Å²) in [7, 11) is 0. The first-order chi connectivity index (χ1) is 16.9. The van der Waals surface area contributed by atoms with Crippen molar-refractivity contribution < 1.29 is 13.9 Å². The summed E-state index contributed by atoms with van der Waals surface area (Å²) in [6.07, 6.45) is 2.03. The van der Waals surface area contributed by atoms with Crippen molar-refractivity contribution >= 4 is 22.7 Å². The van der Waals surface area contributed by atoms with Gasteiger partial charge >= 0.3 is 0 Å². The van der Waals surface area contributed by atoms with Crippen molar-refractivity contribution in [1.82, 2.24) is 4.98 Å². The van der Waals surface area contributed by atoms with Crippen molar-refractivity contribution in [3.63, 3.8) is 0 Å². The Kier molecular flexibility index (Phi) is 5.89. The highest BCUT2D eigenvalue weighted by atomic mass is 16.5. The molecular formula is C29H28N2O4. The third-order valence-corrected chi connectivity index (χ3v) is 6.57. The lowest BCUT2D eigenvalue weighted by Crippen LogP contribution is -2.30. The summed E-state index contributed by atoms with van der Waals surface area (Å²) in [6, 6.07) is 16.1. The van der Waals surface area contributed by atoms with Crippen molar-refractivity contribution in [1.29, 1.82) is 0 Å². The van der Waals surface area contributed by atoms with Crippen LogP contribution >= 0.6 is 0 Å². The smallest absolute Gasteiger partial charge is 0.296 e. The highest BCUT2D eigenvalue weighted by molar-refractivity contribution is 6.10. The van der Waals surface area contributed by atoms with Crippen molar-refractivity contribution in [2.24, 2.45) is 0 Å². The van der Waals surface area contributed by atoms with Crippen LogP contribution in [0.15, 0.2) is 63.8 Å². The van der Waals surface area contributed by atoms with Crippen LogP contribution in [0.1, 0.15) is 64.3 Å². The van der Waals surface area contributed by atoms with Crippen LogP contribution in [0.2, 0.25) is 0 Å². The maximum absolute atomic E-state index is 13.8. The van der Waals surface area contributed by atoms with Gasteiger partial charge in [0.1, 0.15) is 17.2 Å². The van der Waals surface area contributed by atoms with Crippen LogP contribution in [0.5, 0.6) is 5.75 Å². The van der Waals surface area contributed by atoms with Gasteiger partial charge in [-0.2, -0.15) is 0 Å². The summed E-state index contributed by atoms with van der Waals surface area (Å²) in [5, 5.41) is 0.475. The fourth-order valence-corrected chi connectivity index (χ4v) is 4.52. The number of rotatable bonds is 6. The van der Waals surface area contributed by atoms with E-state index in [4.69, 9.17) is 9.15 Å². The molecule has 6 nitrogen and oxygen atoms in total. The lowest BCUT2D eigenvalue weighted by atomic mass is 9.97. The number of carbonyl (C=O) groups is 1. The molecule has 6 heteroatoms. The Labute approximate surface area is 204 Å². The number of hydrogen-bond acceptors (Lipinski definition) is 5. The summed E-state index contributed by atoms with van der Waals surface area (Å²) >= 11 is 0. The molecule has 1 aliphatic rings. The van der Waals surface area contributed by atoms with Crippen LogP contribution in [0.25, 0.3) is 11.0 Å². The number of ether oxygens (including phenoxy) is 1. The second-order valence-corrected chi connectivity index (χ2v) is 9.09. The quantitative estimate of drug-likeness (QED) is 0.323. The Balaban J connectivity index is 1.69. The number of benzene rings is 2. The topological polar surface area (TPSA) is 72.6 Å². The average Bonchev–Trinajstić information content (AvgIpc) is 3.13. The van der Waals surface area contributed by atoms with E-state index in [1.165, 1.54) is 0 Å². The predicted molar refractivity (Wildman–Crippen MR) is 136 cm³/mol. The van der Waals surface area contributed by atoms with Crippen molar-refractivity contribution in [3.8, 4) is 5.75 Å². The first-order valence-electron chi connectivity index (χ1n) is 12.0. The van der Waals surface area contributed by atoms with Crippen LogP contribution in [-0.4, -0.2) is 17.5 Å². The number of unbranched alkanes of at least 4 members (excludes halogenated alkanes) is 1. The van der Waals surface area contributed by atoms with E-state index >= 15 is 0 Å². The number of nitrogens with zero attached hydrogens (tertiary/aromatic N) is 2. The second kappa shape index (κ2) is 9.02. The maximum atomic E-state index is 13.8. The predicted octanol–water partition coefficient (Wildman–Crippen LogP) is 6.04. The zero-order valence-corrected chi connectivity index (χ0v) is 20.4. The SMILES string of the molecule is CCCCOc1ccc(C2c3c(oc4cc(C)c(C)cc4c3=O)C(=O)N2c2cccc(C)n2)cc1. The van der Waals surface area contributed by atoms with Gasteiger partial charge in [0.25, 0.3) is 5.91 Å². The number of fused-ring (bicyclic) bond motifs is 2. The molecule has 4 aromatic rings. The standard InChI is InChI=1S/C29H28N2O4/c1-5-6-14-34-21-12-10-20(11-13-21)26-25-27(32)22-15-17(2)18(3)16-23(22)35-28(25)29(33)31(26)24-9-7-8-19(4)30-24/h7-13,15-16,26H,5-6,14H2,1-4H3. The zero-order chi connectivity index (χ0) is 24.7. The molecule has 2 aromatic carbocycles. The molecule has 0 saturated carbocycles. The highest BCUT2D eigenvalue weighted by Gasteiger charge is 2.44. The second-order valence-electron chi connectivity index (χ2n) is 9.09. The monoisotopic (exact) mass is 468 g/mol. The number of hydrogen-bond donors (Lipinski definition) is 0. The molecule has 5 rings (SSSR count). The van der Waals surface area contributed by atoms with Crippen molar-refractivity contribution in [3.05, 3.63) is 98.5 Å². The van der Waals surface area contributed by atoms with E-state index in [9.17, 15) is 9.59 Å².